The van der Waals surface area contributed by atoms with E-state index in [2.05, 4.69) is 4.74 Å². The molecule has 0 fully saturated rings. The molecule has 0 saturated heterocycles. The lowest BCUT2D eigenvalue weighted by Gasteiger charge is -2.01. The predicted molar refractivity (Wildman–Crippen MR) is 54.1 cm³/mol. The van der Waals surface area contributed by atoms with E-state index in [9.17, 15) is 9.00 Å². The van der Waals surface area contributed by atoms with Crippen LogP contribution in [0, 0.1) is 0 Å². The highest BCUT2D eigenvalue weighted by molar-refractivity contribution is 7.85. The number of carbonyl (C=O) groups is 1. The molecule has 0 bridgehead atoms. The van der Waals surface area contributed by atoms with E-state index in [0.29, 0.717) is 10.6 Å². The van der Waals surface area contributed by atoms with Gasteiger partial charge in [-0.25, -0.2) is 0 Å². The molecule has 1 atom stereocenters. The van der Waals surface area contributed by atoms with Gasteiger partial charge in [-0.2, -0.15) is 0 Å². The van der Waals surface area contributed by atoms with Crippen LogP contribution in [0.15, 0.2) is 29.2 Å². The molecule has 5 heteroatoms. The van der Waals surface area contributed by atoms with Gasteiger partial charge < -0.3 is 10.5 Å². The summed E-state index contributed by atoms with van der Waals surface area (Å²) in [7, 11) is -0.0854. The molecule has 1 aromatic rings. The van der Waals surface area contributed by atoms with Gasteiger partial charge in [-0.3, -0.25) is 9.00 Å². The first-order valence-corrected chi connectivity index (χ1v) is 5.26. The van der Waals surface area contributed by atoms with Crippen LogP contribution >= 0.6 is 0 Å². The molecule has 0 aliphatic carbocycles. The van der Waals surface area contributed by atoms with Crippen molar-refractivity contribution in [2.75, 3.05) is 18.6 Å². The molecule has 14 heavy (non-hydrogen) atoms. The van der Waals surface area contributed by atoms with Gasteiger partial charge in [0.1, 0.15) is 5.75 Å². The van der Waals surface area contributed by atoms with E-state index in [0.717, 1.165) is 0 Å². The normalized spacial score (nSPS) is 12.1. The summed E-state index contributed by atoms with van der Waals surface area (Å²) in [6, 6.07) is 6.55. The fraction of sp³-hybridized carbons (Fsp3) is 0.222. The van der Waals surface area contributed by atoms with Crippen LogP contribution in [0.25, 0.3) is 0 Å². The molecular weight excluding hydrogens is 202 g/mol. The molecule has 76 valence electrons. The quantitative estimate of drug-likeness (QED) is 0.588. The number of rotatable bonds is 3. The van der Waals surface area contributed by atoms with Gasteiger partial charge in [-0.15, -0.1) is 0 Å². The van der Waals surface area contributed by atoms with E-state index in [1.54, 1.807) is 24.3 Å². The molecule has 1 unspecified atom stereocenters. The van der Waals surface area contributed by atoms with Gasteiger partial charge in [-0.1, -0.05) is 0 Å². The summed E-state index contributed by atoms with van der Waals surface area (Å²) in [5, 5.41) is 0. The molecule has 0 radical (unpaired) electrons. The Morgan fingerprint density at radius 2 is 2.00 bits per heavy atom. The standard InChI is InChI=1S/C9H11NO3S/c1-13-9(11)6-14(12)8-4-2-7(10)3-5-8/h2-5H,6,10H2,1H3. The van der Waals surface area contributed by atoms with Crippen molar-refractivity contribution in [3.8, 4) is 0 Å². The molecule has 0 saturated carbocycles. The number of hydrogen-bond donors (Lipinski definition) is 1. The number of methoxy groups -OCH3 is 1. The summed E-state index contributed by atoms with van der Waals surface area (Å²) in [5.41, 5.74) is 6.06. The second-order valence-corrected chi connectivity index (χ2v) is 4.09. The van der Waals surface area contributed by atoms with E-state index >= 15 is 0 Å². The van der Waals surface area contributed by atoms with Crippen LogP contribution in [0.4, 0.5) is 5.69 Å². The lowest BCUT2D eigenvalue weighted by molar-refractivity contribution is -0.137. The second-order valence-electron chi connectivity index (χ2n) is 2.64. The minimum absolute atomic E-state index is 0.125. The van der Waals surface area contributed by atoms with Crippen LogP contribution in [0.2, 0.25) is 0 Å². The number of nitrogen functional groups attached to an aromatic ring is 1. The number of esters is 1. The largest absolute Gasteiger partial charge is 0.468 e. The van der Waals surface area contributed by atoms with Crippen LogP contribution in [0.1, 0.15) is 0 Å². The van der Waals surface area contributed by atoms with Crippen LogP contribution < -0.4 is 5.73 Å². The molecule has 0 spiro atoms. The number of carbonyl (C=O) groups excluding carboxylic acids is 1. The number of nitrogens with two attached hydrogens (primary N) is 1. The van der Waals surface area contributed by atoms with Crippen molar-refractivity contribution in [3.05, 3.63) is 24.3 Å². The molecule has 4 nitrogen and oxygen atoms in total. The van der Waals surface area contributed by atoms with Crippen molar-refractivity contribution in [1.82, 2.24) is 0 Å². The Labute approximate surface area is 84.5 Å². The summed E-state index contributed by atoms with van der Waals surface area (Å²) >= 11 is 0. The fourth-order valence-corrected chi connectivity index (χ4v) is 1.81. The number of anilines is 1. The first kappa shape index (κ1) is 10.7. The van der Waals surface area contributed by atoms with Gasteiger partial charge >= 0.3 is 5.97 Å². The molecular formula is C9H11NO3S. The third kappa shape index (κ3) is 2.85. The zero-order valence-electron chi connectivity index (χ0n) is 7.73. The van der Waals surface area contributed by atoms with Gasteiger partial charge in [0.25, 0.3) is 0 Å². The summed E-state index contributed by atoms with van der Waals surface area (Å²) in [4.78, 5) is 11.4. The van der Waals surface area contributed by atoms with Gasteiger partial charge in [0.05, 0.1) is 17.9 Å². The summed E-state index contributed by atoms with van der Waals surface area (Å²) in [6.07, 6.45) is 0. The van der Waals surface area contributed by atoms with E-state index in [4.69, 9.17) is 5.73 Å². The topological polar surface area (TPSA) is 69.4 Å². The molecule has 0 aliphatic heterocycles. The third-order valence-electron chi connectivity index (χ3n) is 1.62. The lowest BCUT2D eigenvalue weighted by Crippen LogP contribution is -2.12. The SMILES string of the molecule is COC(=O)CS(=O)c1ccc(N)cc1. The van der Waals surface area contributed by atoms with Gasteiger partial charge in [-0.05, 0) is 24.3 Å². The highest BCUT2D eigenvalue weighted by atomic mass is 32.2. The number of benzene rings is 1. The predicted octanol–water partition coefficient (Wildman–Crippen LogP) is 0.549. The maximum Gasteiger partial charge on any atom is 0.318 e. The second kappa shape index (κ2) is 4.76. The number of hydrogen-bond acceptors (Lipinski definition) is 4. The first-order valence-electron chi connectivity index (χ1n) is 3.94. The van der Waals surface area contributed by atoms with E-state index in [1.807, 2.05) is 0 Å². The van der Waals surface area contributed by atoms with E-state index in [-0.39, 0.29) is 5.75 Å². The Balaban J connectivity index is 2.70. The van der Waals surface area contributed by atoms with Crippen molar-refractivity contribution in [2.45, 2.75) is 4.90 Å². The van der Waals surface area contributed by atoms with Crippen molar-refractivity contribution in [3.63, 3.8) is 0 Å². The summed E-state index contributed by atoms with van der Waals surface area (Å²) < 4.78 is 15.9. The van der Waals surface area contributed by atoms with Crippen molar-refractivity contribution in [1.29, 1.82) is 0 Å². The van der Waals surface area contributed by atoms with Gasteiger partial charge in [0.2, 0.25) is 0 Å². The minimum atomic E-state index is -1.35. The highest BCUT2D eigenvalue weighted by Gasteiger charge is 2.09. The Kier molecular flexibility index (Phi) is 3.64. The molecule has 0 heterocycles. The monoisotopic (exact) mass is 213 g/mol. The zero-order chi connectivity index (χ0) is 10.6. The maximum absolute atomic E-state index is 11.5. The van der Waals surface area contributed by atoms with Crippen molar-refractivity contribution < 1.29 is 13.7 Å². The molecule has 1 rings (SSSR count). The van der Waals surface area contributed by atoms with Crippen LogP contribution in [-0.2, 0) is 20.3 Å². The zero-order valence-corrected chi connectivity index (χ0v) is 8.54. The van der Waals surface area contributed by atoms with Gasteiger partial charge in [0, 0.05) is 10.6 Å². The molecule has 0 amide bonds. The Bertz CT molecular complexity index is 348. The van der Waals surface area contributed by atoms with Crippen molar-refractivity contribution >= 4 is 22.5 Å². The maximum atomic E-state index is 11.5. The first-order chi connectivity index (χ1) is 6.63. The van der Waals surface area contributed by atoms with E-state index < -0.39 is 16.8 Å². The smallest absolute Gasteiger partial charge is 0.318 e. The Morgan fingerprint density at radius 1 is 1.43 bits per heavy atom. The Hall–Kier alpha value is -1.36. The summed E-state index contributed by atoms with van der Waals surface area (Å²) in [6.45, 7) is 0. The average Bonchev–Trinajstić information content (AvgIpc) is 2.18. The van der Waals surface area contributed by atoms with Crippen LogP contribution in [0.5, 0.6) is 0 Å². The Morgan fingerprint density at radius 3 is 2.50 bits per heavy atom. The average molecular weight is 213 g/mol. The lowest BCUT2D eigenvalue weighted by atomic mass is 10.3. The minimum Gasteiger partial charge on any atom is -0.468 e. The molecule has 1 aromatic carbocycles. The number of ether oxygens (including phenoxy) is 1. The van der Waals surface area contributed by atoms with Crippen LogP contribution in [0.3, 0.4) is 0 Å². The third-order valence-corrected chi connectivity index (χ3v) is 2.92. The molecule has 0 aliphatic rings. The molecule has 2 N–H and O–H groups in total. The molecule has 0 aromatic heterocycles. The highest BCUT2D eigenvalue weighted by Crippen LogP contribution is 2.09. The van der Waals surface area contributed by atoms with E-state index in [1.165, 1.54) is 7.11 Å². The fourth-order valence-electron chi connectivity index (χ4n) is 0.869. The van der Waals surface area contributed by atoms with Gasteiger partial charge in [0.15, 0.2) is 0 Å². The van der Waals surface area contributed by atoms with Crippen LogP contribution in [-0.4, -0.2) is 23.0 Å². The van der Waals surface area contributed by atoms with Crippen molar-refractivity contribution in [2.24, 2.45) is 0 Å². The summed E-state index contributed by atoms with van der Waals surface area (Å²) in [5.74, 6) is -0.611.